The molecule has 0 unspecified atom stereocenters. The third kappa shape index (κ3) is 4.62. The van der Waals surface area contributed by atoms with Crippen LogP contribution < -0.4 is 15.4 Å². The van der Waals surface area contributed by atoms with Crippen molar-refractivity contribution in [2.75, 3.05) is 17.2 Å². The number of nitrogens with one attached hydrogen (secondary N) is 2. The normalized spacial score (nSPS) is 10.0. The molecule has 0 atom stereocenters. The number of benzene rings is 2. The van der Waals surface area contributed by atoms with E-state index in [9.17, 15) is 14.5 Å². The third-order valence-corrected chi connectivity index (χ3v) is 3.03. The maximum Gasteiger partial charge on any atom is 0.296 e. The fourth-order valence-electron chi connectivity index (χ4n) is 1.84. The summed E-state index contributed by atoms with van der Waals surface area (Å²) in [4.78, 5) is 10.6. The van der Waals surface area contributed by atoms with E-state index < -0.39 is 4.92 Å². The number of thiocarbonyl (C=S) groups is 1. The smallest absolute Gasteiger partial charge is 0.296 e. The quantitative estimate of drug-likeness (QED) is 0.490. The Morgan fingerprint density at radius 1 is 1.26 bits per heavy atom. The highest BCUT2D eigenvalue weighted by molar-refractivity contribution is 7.80. The van der Waals surface area contributed by atoms with Gasteiger partial charge >= 0.3 is 0 Å². The van der Waals surface area contributed by atoms with Crippen LogP contribution in [0.3, 0.4) is 0 Å². The molecule has 2 rings (SSSR count). The molecular formula is C15H14FN3O3S. The molecule has 0 aliphatic carbocycles. The van der Waals surface area contributed by atoms with Gasteiger partial charge in [-0.25, -0.2) is 4.39 Å². The number of hydrogen-bond donors (Lipinski definition) is 2. The molecule has 0 bridgehead atoms. The molecule has 0 spiro atoms. The second-order valence-electron chi connectivity index (χ2n) is 4.46. The van der Waals surface area contributed by atoms with Crippen LogP contribution in [0, 0.1) is 15.9 Å². The largest absolute Gasteiger partial charge is 0.494 e. The van der Waals surface area contributed by atoms with Gasteiger partial charge in [0.1, 0.15) is 17.3 Å². The van der Waals surface area contributed by atoms with Crippen LogP contribution in [0.15, 0.2) is 42.5 Å². The number of rotatable bonds is 5. The van der Waals surface area contributed by atoms with Crippen LogP contribution in [0.1, 0.15) is 6.92 Å². The van der Waals surface area contributed by atoms with Gasteiger partial charge in [0, 0.05) is 5.69 Å². The minimum Gasteiger partial charge on any atom is -0.494 e. The third-order valence-electron chi connectivity index (χ3n) is 2.83. The van der Waals surface area contributed by atoms with Gasteiger partial charge in [-0.3, -0.25) is 10.1 Å². The van der Waals surface area contributed by atoms with Gasteiger partial charge in [0.05, 0.1) is 17.6 Å². The van der Waals surface area contributed by atoms with Crippen molar-refractivity contribution in [3.05, 3.63) is 58.4 Å². The van der Waals surface area contributed by atoms with E-state index in [1.54, 1.807) is 13.0 Å². The molecule has 0 saturated carbocycles. The molecule has 0 radical (unpaired) electrons. The molecule has 0 fully saturated rings. The number of anilines is 2. The Morgan fingerprint density at radius 3 is 2.57 bits per heavy atom. The summed E-state index contributed by atoms with van der Waals surface area (Å²) < 4.78 is 18.1. The molecule has 2 N–H and O–H groups in total. The van der Waals surface area contributed by atoms with Crippen molar-refractivity contribution < 1.29 is 14.1 Å². The molecule has 2 aromatic rings. The van der Waals surface area contributed by atoms with Crippen LogP contribution in [0.4, 0.5) is 21.5 Å². The van der Waals surface area contributed by atoms with Gasteiger partial charge in [0.15, 0.2) is 5.11 Å². The molecule has 120 valence electrons. The van der Waals surface area contributed by atoms with Crippen LogP contribution in [-0.2, 0) is 0 Å². The minimum absolute atomic E-state index is 0.154. The average Bonchev–Trinajstić information content (AvgIpc) is 2.51. The highest BCUT2D eigenvalue weighted by atomic mass is 32.1. The summed E-state index contributed by atoms with van der Waals surface area (Å²) in [6.45, 7) is 2.20. The number of halogens is 1. The first-order valence-electron chi connectivity index (χ1n) is 6.74. The molecule has 0 aromatic heterocycles. The van der Waals surface area contributed by atoms with Crippen molar-refractivity contribution in [3.8, 4) is 5.75 Å². The van der Waals surface area contributed by atoms with Gasteiger partial charge < -0.3 is 15.4 Å². The molecule has 6 nitrogen and oxygen atoms in total. The predicted molar refractivity (Wildman–Crippen MR) is 90.5 cm³/mol. The van der Waals surface area contributed by atoms with E-state index in [1.807, 2.05) is 0 Å². The van der Waals surface area contributed by atoms with Crippen molar-refractivity contribution in [2.45, 2.75) is 6.92 Å². The second-order valence-corrected chi connectivity index (χ2v) is 4.86. The first-order chi connectivity index (χ1) is 11.0. The molecule has 2 aromatic carbocycles. The molecule has 0 aliphatic rings. The number of nitrogens with zero attached hydrogens (tertiary/aromatic N) is 1. The van der Waals surface area contributed by atoms with E-state index >= 15 is 0 Å². The molecule has 8 heteroatoms. The number of hydrogen-bond acceptors (Lipinski definition) is 4. The predicted octanol–water partition coefficient (Wildman–Crippen LogP) is 3.94. The fourth-order valence-corrected chi connectivity index (χ4v) is 2.07. The zero-order valence-electron chi connectivity index (χ0n) is 12.2. The Bertz CT molecular complexity index is 722. The highest BCUT2D eigenvalue weighted by Gasteiger charge is 2.16. The van der Waals surface area contributed by atoms with Crippen LogP contribution in [0.2, 0.25) is 0 Å². The van der Waals surface area contributed by atoms with Crippen molar-refractivity contribution in [2.24, 2.45) is 0 Å². The molecule has 23 heavy (non-hydrogen) atoms. The number of nitro benzene ring substituents is 1. The van der Waals surface area contributed by atoms with Crippen LogP contribution in [0.5, 0.6) is 5.75 Å². The summed E-state index contributed by atoms with van der Waals surface area (Å²) >= 11 is 5.11. The van der Waals surface area contributed by atoms with Crippen molar-refractivity contribution >= 4 is 34.4 Å². The zero-order chi connectivity index (χ0) is 16.8. The van der Waals surface area contributed by atoms with Crippen molar-refractivity contribution in [1.82, 2.24) is 0 Å². The monoisotopic (exact) mass is 335 g/mol. The molecular weight excluding hydrogens is 321 g/mol. The fraction of sp³-hybridized carbons (Fsp3) is 0.133. The van der Waals surface area contributed by atoms with E-state index in [0.29, 0.717) is 18.0 Å². The first-order valence-corrected chi connectivity index (χ1v) is 7.15. The molecule has 0 amide bonds. The number of nitro groups is 1. The Balaban J connectivity index is 2.13. The summed E-state index contributed by atoms with van der Waals surface area (Å²) in [6, 6.07) is 10.0. The Morgan fingerprint density at radius 2 is 1.96 bits per heavy atom. The van der Waals surface area contributed by atoms with E-state index in [1.165, 1.54) is 36.4 Å². The topological polar surface area (TPSA) is 76.4 Å². The molecule has 0 saturated heterocycles. The van der Waals surface area contributed by atoms with Crippen molar-refractivity contribution in [1.29, 1.82) is 0 Å². The SMILES string of the molecule is CCOc1ccc(NC(=S)Nc2ccc(F)cc2)c([N+](=O)[O-])c1. The summed E-state index contributed by atoms with van der Waals surface area (Å²) in [5, 5.41) is 16.9. The van der Waals surface area contributed by atoms with E-state index in [-0.39, 0.29) is 22.3 Å². The average molecular weight is 335 g/mol. The maximum atomic E-state index is 12.9. The van der Waals surface area contributed by atoms with E-state index in [4.69, 9.17) is 17.0 Å². The summed E-state index contributed by atoms with van der Waals surface area (Å²) in [6.07, 6.45) is 0. The van der Waals surface area contributed by atoms with Gasteiger partial charge in [-0.15, -0.1) is 0 Å². The van der Waals surface area contributed by atoms with Crippen molar-refractivity contribution in [3.63, 3.8) is 0 Å². The van der Waals surface area contributed by atoms with E-state index in [0.717, 1.165) is 0 Å². The second kappa shape index (κ2) is 7.50. The molecule has 0 aliphatic heterocycles. The lowest BCUT2D eigenvalue weighted by Crippen LogP contribution is -2.19. The summed E-state index contributed by atoms with van der Waals surface area (Å²) in [5.74, 6) is 0.0405. The highest BCUT2D eigenvalue weighted by Crippen LogP contribution is 2.29. The maximum absolute atomic E-state index is 12.9. The zero-order valence-corrected chi connectivity index (χ0v) is 13.0. The minimum atomic E-state index is -0.522. The Hall–Kier alpha value is -2.74. The van der Waals surface area contributed by atoms with Gasteiger partial charge in [0.2, 0.25) is 0 Å². The lowest BCUT2D eigenvalue weighted by molar-refractivity contribution is -0.384. The van der Waals surface area contributed by atoms with Crippen LogP contribution in [0.25, 0.3) is 0 Å². The lowest BCUT2D eigenvalue weighted by atomic mass is 10.2. The summed E-state index contributed by atoms with van der Waals surface area (Å²) in [7, 11) is 0. The van der Waals surface area contributed by atoms with E-state index in [2.05, 4.69) is 10.6 Å². The Labute approximate surface area is 137 Å². The lowest BCUT2D eigenvalue weighted by Gasteiger charge is -2.11. The molecule has 0 heterocycles. The summed E-state index contributed by atoms with van der Waals surface area (Å²) in [5.41, 5.74) is 0.648. The van der Waals surface area contributed by atoms with Crippen LogP contribution >= 0.6 is 12.2 Å². The van der Waals surface area contributed by atoms with Gasteiger partial charge in [0.25, 0.3) is 5.69 Å². The van der Waals surface area contributed by atoms with Gasteiger partial charge in [-0.05, 0) is 55.5 Å². The standard InChI is InChI=1S/C15H14FN3O3S/c1-2-22-12-7-8-13(14(9-12)19(20)21)18-15(23)17-11-5-3-10(16)4-6-11/h3-9H,2H2,1H3,(H2,17,18,23). The van der Waals surface area contributed by atoms with Gasteiger partial charge in [-0.1, -0.05) is 0 Å². The first kappa shape index (κ1) is 16.6. The Kier molecular flexibility index (Phi) is 5.42. The van der Waals surface area contributed by atoms with Crippen LogP contribution in [-0.4, -0.2) is 16.6 Å². The van der Waals surface area contributed by atoms with Gasteiger partial charge in [-0.2, -0.15) is 0 Å². The number of ether oxygens (including phenoxy) is 1.